The van der Waals surface area contributed by atoms with Gasteiger partial charge in [-0.2, -0.15) is 0 Å². The summed E-state index contributed by atoms with van der Waals surface area (Å²) in [4.78, 5) is 0. The molecule has 0 bridgehead atoms. The first-order chi connectivity index (χ1) is 9.58. The molecule has 20 heavy (non-hydrogen) atoms. The smallest absolute Gasteiger partial charge is 0.134 e. The van der Waals surface area contributed by atoms with Crippen LogP contribution in [0.2, 0.25) is 0 Å². The molecule has 104 valence electrons. The largest absolute Gasteiger partial charge is 0.488 e. The summed E-state index contributed by atoms with van der Waals surface area (Å²) in [7, 11) is 0. The van der Waals surface area contributed by atoms with Gasteiger partial charge in [0.25, 0.3) is 0 Å². The van der Waals surface area contributed by atoms with Gasteiger partial charge >= 0.3 is 0 Å². The normalized spacial score (nSPS) is 16.9. The van der Waals surface area contributed by atoms with Crippen molar-refractivity contribution in [1.82, 2.24) is 0 Å². The van der Waals surface area contributed by atoms with Crippen molar-refractivity contribution in [3.63, 3.8) is 0 Å². The van der Waals surface area contributed by atoms with Crippen LogP contribution in [-0.4, -0.2) is 12.6 Å². The van der Waals surface area contributed by atoms with Crippen molar-refractivity contribution in [1.29, 1.82) is 0 Å². The first kappa shape index (κ1) is 13.0. The quantitative estimate of drug-likeness (QED) is 0.917. The first-order valence-electron chi connectivity index (χ1n) is 6.23. The minimum atomic E-state index is -0.752. The van der Waals surface area contributed by atoms with E-state index in [2.05, 4.69) is 0 Å². The van der Waals surface area contributed by atoms with Gasteiger partial charge in [0.05, 0.1) is 0 Å². The van der Waals surface area contributed by atoms with Gasteiger partial charge in [-0.25, -0.2) is 13.2 Å². The maximum Gasteiger partial charge on any atom is 0.134 e. The van der Waals surface area contributed by atoms with Crippen molar-refractivity contribution in [3.8, 4) is 16.9 Å². The minimum Gasteiger partial charge on any atom is -0.488 e. The average molecular weight is 279 g/mol. The maximum absolute atomic E-state index is 13.9. The standard InChI is InChI=1S/C15H12F3NO/c16-9-1-2-12(14(18)6-9)13-5-10(17)3-8-4-11(7-19)20-15(8)13/h1-3,5-6,11H,4,7,19H2/t11-/m1/s1. The zero-order chi connectivity index (χ0) is 14.3. The Morgan fingerprint density at radius 1 is 1.05 bits per heavy atom. The molecule has 0 saturated carbocycles. The molecule has 0 radical (unpaired) electrons. The van der Waals surface area contributed by atoms with Crippen LogP contribution in [0.3, 0.4) is 0 Å². The van der Waals surface area contributed by atoms with Crippen molar-refractivity contribution in [2.45, 2.75) is 12.5 Å². The van der Waals surface area contributed by atoms with Gasteiger partial charge in [-0.15, -0.1) is 0 Å². The van der Waals surface area contributed by atoms with Crippen molar-refractivity contribution >= 4 is 0 Å². The Bertz CT molecular complexity index is 672. The Morgan fingerprint density at radius 3 is 2.55 bits per heavy atom. The van der Waals surface area contributed by atoms with Crippen LogP contribution in [-0.2, 0) is 6.42 Å². The second-order valence-corrected chi connectivity index (χ2v) is 4.75. The molecule has 0 spiro atoms. The Kier molecular flexibility index (Phi) is 3.14. The molecule has 0 fully saturated rings. The summed E-state index contributed by atoms with van der Waals surface area (Å²) in [6, 6.07) is 5.72. The van der Waals surface area contributed by atoms with Crippen LogP contribution in [0.15, 0.2) is 30.3 Å². The van der Waals surface area contributed by atoms with E-state index in [1.54, 1.807) is 0 Å². The van der Waals surface area contributed by atoms with E-state index >= 15 is 0 Å². The Balaban J connectivity index is 2.15. The molecular weight excluding hydrogens is 267 g/mol. The van der Waals surface area contributed by atoms with Crippen LogP contribution in [0.5, 0.6) is 5.75 Å². The van der Waals surface area contributed by atoms with Crippen molar-refractivity contribution < 1.29 is 17.9 Å². The van der Waals surface area contributed by atoms with Crippen LogP contribution in [0.1, 0.15) is 5.56 Å². The predicted octanol–water partition coefficient (Wildman–Crippen LogP) is 3.03. The zero-order valence-corrected chi connectivity index (χ0v) is 10.5. The van der Waals surface area contributed by atoms with Crippen LogP contribution >= 0.6 is 0 Å². The maximum atomic E-state index is 13.9. The highest BCUT2D eigenvalue weighted by molar-refractivity contribution is 5.73. The van der Waals surface area contributed by atoms with E-state index in [1.807, 2.05) is 0 Å². The summed E-state index contributed by atoms with van der Waals surface area (Å²) < 4.78 is 46.1. The lowest BCUT2D eigenvalue weighted by molar-refractivity contribution is 0.242. The van der Waals surface area contributed by atoms with Gasteiger partial charge in [0.1, 0.15) is 29.3 Å². The van der Waals surface area contributed by atoms with E-state index in [1.165, 1.54) is 18.2 Å². The number of rotatable bonds is 2. The van der Waals surface area contributed by atoms with E-state index in [4.69, 9.17) is 10.5 Å². The number of hydrogen-bond acceptors (Lipinski definition) is 2. The number of fused-ring (bicyclic) bond motifs is 1. The lowest BCUT2D eigenvalue weighted by Gasteiger charge is -2.12. The van der Waals surface area contributed by atoms with Crippen molar-refractivity contribution in [2.24, 2.45) is 5.73 Å². The average Bonchev–Trinajstić information content (AvgIpc) is 2.81. The van der Waals surface area contributed by atoms with Crippen molar-refractivity contribution in [3.05, 3.63) is 53.3 Å². The molecule has 1 aliphatic rings. The molecular formula is C15H12F3NO. The second kappa shape index (κ2) is 4.83. The summed E-state index contributed by atoms with van der Waals surface area (Å²) in [6.45, 7) is 0.293. The second-order valence-electron chi connectivity index (χ2n) is 4.75. The van der Waals surface area contributed by atoms with E-state index in [0.29, 0.717) is 24.3 Å². The number of halogens is 3. The van der Waals surface area contributed by atoms with Crippen LogP contribution < -0.4 is 10.5 Å². The number of hydrogen-bond donors (Lipinski definition) is 1. The molecule has 5 heteroatoms. The molecule has 1 aliphatic heterocycles. The van der Waals surface area contributed by atoms with Crippen LogP contribution in [0, 0.1) is 17.5 Å². The van der Waals surface area contributed by atoms with E-state index in [-0.39, 0.29) is 17.2 Å². The van der Waals surface area contributed by atoms with Crippen molar-refractivity contribution in [2.75, 3.05) is 6.54 Å². The molecule has 1 heterocycles. The number of ether oxygens (including phenoxy) is 1. The molecule has 2 aromatic carbocycles. The molecule has 0 unspecified atom stereocenters. The first-order valence-corrected chi connectivity index (χ1v) is 6.23. The topological polar surface area (TPSA) is 35.2 Å². The molecule has 0 saturated heterocycles. The van der Waals surface area contributed by atoms with Gasteiger partial charge in [0.2, 0.25) is 0 Å². The minimum absolute atomic E-state index is 0.111. The number of benzene rings is 2. The zero-order valence-electron chi connectivity index (χ0n) is 10.5. The van der Waals surface area contributed by atoms with Crippen LogP contribution in [0.4, 0.5) is 13.2 Å². The molecule has 0 aromatic heterocycles. The molecule has 2 N–H and O–H groups in total. The monoisotopic (exact) mass is 279 g/mol. The summed E-state index contributed by atoms with van der Waals surface area (Å²) in [5, 5.41) is 0. The summed E-state index contributed by atoms with van der Waals surface area (Å²) in [5.41, 5.74) is 6.60. The molecule has 2 aromatic rings. The summed E-state index contributed by atoms with van der Waals surface area (Å²) >= 11 is 0. The highest BCUT2D eigenvalue weighted by Crippen LogP contribution is 2.40. The van der Waals surface area contributed by atoms with E-state index < -0.39 is 17.5 Å². The van der Waals surface area contributed by atoms with Gasteiger partial charge in [-0.05, 0) is 24.3 Å². The Hall–Kier alpha value is -2.01. The van der Waals surface area contributed by atoms with Gasteiger partial charge < -0.3 is 10.5 Å². The lowest BCUT2D eigenvalue weighted by atomic mass is 9.99. The SMILES string of the molecule is NC[C@H]1Cc2cc(F)cc(-c3ccc(F)cc3F)c2O1. The summed E-state index contributed by atoms with van der Waals surface area (Å²) in [6.07, 6.45) is 0.244. The van der Waals surface area contributed by atoms with Crippen LogP contribution in [0.25, 0.3) is 11.1 Å². The fourth-order valence-corrected chi connectivity index (χ4v) is 2.43. The lowest BCUT2D eigenvalue weighted by Crippen LogP contribution is -2.24. The Labute approximate surface area is 114 Å². The van der Waals surface area contributed by atoms with Gasteiger partial charge in [-0.1, -0.05) is 0 Å². The number of nitrogens with two attached hydrogens (primary N) is 1. The molecule has 2 nitrogen and oxygen atoms in total. The third kappa shape index (κ3) is 2.14. The van der Waals surface area contributed by atoms with Gasteiger partial charge in [-0.3, -0.25) is 0 Å². The van der Waals surface area contributed by atoms with E-state index in [0.717, 1.165) is 12.1 Å². The molecule has 0 aliphatic carbocycles. The van der Waals surface area contributed by atoms with Gasteiger partial charge in [0.15, 0.2) is 0 Å². The molecule has 3 rings (SSSR count). The molecule has 1 atom stereocenters. The fourth-order valence-electron chi connectivity index (χ4n) is 2.43. The highest BCUT2D eigenvalue weighted by atomic mass is 19.1. The Morgan fingerprint density at radius 2 is 1.85 bits per heavy atom. The predicted molar refractivity (Wildman–Crippen MR) is 68.9 cm³/mol. The highest BCUT2D eigenvalue weighted by Gasteiger charge is 2.27. The van der Waals surface area contributed by atoms with Gasteiger partial charge in [0, 0.05) is 35.7 Å². The third-order valence-electron chi connectivity index (χ3n) is 3.35. The fraction of sp³-hybridized carbons (Fsp3) is 0.200. The summed E-state index contributed by atoms with van der Waals surface area (Å²) in [5.74, 6) is -1.49. The third-order valence-corrected chi connectivity index (χ3v) is 3.35. The molecule has 0 amide bonds. The van der Waals surface area contributed by atoms with E-state index in [9.17, 15) is 13.2 Å².